The van der Waals surface area contributed by atoms with Crippen LogP contribution in [-0.2, 0) is 6.42 Å². The lowest BCUT2D eigenvalue weighted by Crippen LogP contribution is -2.10. The third-order valence-electron chi connectivity index (χ3n) is 3.18. The highest BCUT2D eigenvalue weighted by molar-refractivity contribution is 5.96. The maximum atomic E-state index is 11.5. The SMILES string of the molecule is CCc1cccc(OCCOc2ccccc2C(C)=O)c1. The van der Waals surface area contributed by atoms with Crippen LogP contribution < -0.4 is 9.47 Å². The van der Waals surface area contributed by atoms with Crippen LogP contribution in [0.3, 0.4) is 0 Å². The van der Waals surface area contributed by atoms with Crippen molar-refractivity contribution in [2.75, 3.05) is 13.2 Å². The van der Waals surface area contributed by atoms with Crippen molar-refractivity contribution in [3.63, 3.8) is 0 Å². The molecule has 0 atom stereocenters. The predicted molar refractivity (Wildman–Crippen MR) is 83.3 cm³/mol. The average molecular weight is 284 g/mol. The van der Waals surface area contributed by atoms with Gasteiger partial charge >= 0.3 is 0 Å². The Morgan fingerprint density at radius 3 is 2.52 bits per heavy atom. The van der Waals surface area contributed by atoms with E-state index in [1.54, 1.807) is 12.1 Å². The fourth-order valence-electron chi connectivity index (χ4n) is 2.05. The molecule has 0 radical (unpaired) electrons. The van der Waals surface area contributed by atoms with E-state index in [1.807, 2.05) is 30.3 Å². The van der Waals surface area contributed by atoms with E-state index in [-0.39, 0.29) is 5.78 Å². The van der Waals surface area contributed by atoms with Gasteiger partial charge in [-0.05, 0) is 43.2 Å². The number of carbonyl (C=O) groups excluding carboxylic acids is 1. The second kappa shape index (κ2) is 7.48. The zero-order chi connectivity index (χ0) is 15.1. The minimum absolute atomic E-state index is 0.00200. The maximum absolute atomic E-state index is 11.5. The van der Waals surface area contributed by atoms with E-state index in [0.29, 0.717) is 24.5 Å². The van der Waals surface area contributed by atoms with E-state index < -0.39 is 0 Å². The quantitative estimate of drug-likeness (QED) is 0.571. The fourth-order valence-corrected chi connectivity index (χ4v) is 2.05. The second-order valence-electron chi connectivity index (χ2n) is 4.75. The summed E-state index contributed by atoms with van der Waals surface area (Å²) in [5.74, 6) is 1.45. The number of ketones is 1. The summed E-state index contributed by atoms with van der Waals surface area (Å²) in [6.45, 7) is 4.50. The van der Waals surface area contributed by atoms with Crippen LogP contribution in [0.4, 0.5) is 0 Å². The molecule has 0 saturated heterocycles. The van der Waals surface area contributed by atoms with Crippen molar-refractivity contribution in [3.05, 3.63) is 59.7 Å². The van der Waals surface area contributed by atoms with E-state index in [4.69, 9.17) is 9.47 Å². The molecule has 2 aromatic rings. The Balaban J connectivity index is 1.86. The highest BCUT2D eigenvalue weighted by Gasteiger charge is 2.07. The van der Waals surface area contributed by atoms with Crippen molar-refractivity contribution in [1.29, 1.82) is 0 Å². The van der Waals surface area contributed by atoms with Gasteiger partial charge in [0.1, 0.15) is 24.7 Å². The highest BCUT2D eigenvalue weighted by atomic mass is 16.5. The van der Waals surface area contributed by atoms with Gasteiger partial charge in [0.15, 0.2) is 5.78 Å². The molecule has 21 heavy (non-hydrogen) atoms. The molecule has 0 fully saturated rings. The second-order valence-corrected chi connectivity index (χ2v) is 4.75. The lowest BCUT2D eigenvalue weighted by Gasteiger charge is -2.11. The number of aryl methyl sites for hydroxylation is 1. The molecule has 0 bridgehead atoms. The van der Waals surface area contributed by atoms with Crippen molar-refractivity contribution in [2.45, 2.75) is 20.3 Å². The third-order valence-corrected chi connectivity index (χ3v) is 3.18. The molecule has 3 heteroatoms. The monoisotopic (exact) mass is 284 g/mol. The number of ether oxygens (including phenoxy) is 2. The number of Topliss-reactive ketones (excluding diaryl/α,β-unsaturated/α-hetero) is 1. The van der Waals surface area contributed by atoms with Gasteiger partial charge in [-0.2, -0.15) is 0 Å². The summed E-state index contributed by atoms with van der Waals surface area (Å²) in [6, 6.07) is 15.3. The van der Waals surface area contributed by atoms with Crippen LogP contribution in [0.15, 0.2) is 48.5 Å². The van der Waals surface area contributed by atoms with Crippen LogP contribution in [0.5, 0.6) is 11.5 Å². The number of carbonyl (C=O) groups is 1. The summed E-state index contributed by atoms with van der Waals surface area (Å²) < 4.78 is 11.3. The minimum Gasteiger partial charge on any atom is -0.490 e. The van der Waals surface area contributed by atoms with Crippen LogP contribution in [-0.4, -0.2) is 19.0 Å². The molecule has 3 nitrogen and oxygen atoms in total. The summed E-state index contributed by atoms with van der Waals surface area (Å²) in [7, 11) is 0. The molecular weight excluding hydrogens is 264 g/mol. The van der Waals surface area contributed by atoms with Gasteiger partial charge in [-0.25, -0.2) is 0 Å². The molecule has 110 valence electrons. The Kier molecular flexibility index (Phi) is 5.38. The first-order valence-electron chi connectivity index (χ1n) is 7.15. The van der Waals surface area contributed by atoms with Gasteiger partial charge in [0.25, 0.3) is 0 Å². The highest BCUT2D eigenvalue weighted by Crippen LogP contribution is 2.18. The van der Waals surface area contributed by atoms with Gasteiger partial charge in [-0.15, -0.1) is 0 Å². The molecule has 0 aromatic heterocycles. The fraction of sp³-hybridized carbons (Fsp3) is 0.278. The van der Waals surface area contributed by atoms with Gasteiger partial charge in [0.05, 0.1) is 5.56 Å². The van der Waals surface area contributed by atoms with E-state index in [9.17, 15) is 4.79 Å². The molecule has 2 aromatic carbocycles. The largest absolute Gasteiger partial charge is 0.490 e. The molecule has 0 amide bonds. The normalized spacial score (nSPS) is 10.2. The Morgan fingerprint density at radius 2 is 1.76 bits per heavy atom. The summed E-state index contributed by atoms with van der Waals surface area (Å²) in [6.07, 6.45) is 0.986. The van der Waals surface area contributed by atoms with Crippen LogP contribution in [0, 0.1) is 0 Å². The van der Waals surface area contributed by atoms with Crippen LogP contribution in [0.2, 0.25) is 0 Å². The number of hydrogen-bond acceptors (Lipinski definition) is 3. The lowest BCUT2D eigenvalue weighted by molar-refractivity contribution is 0.101. The number of hydrogen-bond donors (Lipinski definition) is 0. The molecule has 0 aliphatic carbocycles. The summed E-state index contributed by atoms with van der Waals surface area (Å²) >= 11 is 0. The van der Waals surface area contributed by atoms with Crippen molar-refractivity contribution in [1.82, 2.24) is 0 Å². The van der Waals surface area contributed by atoms with E-state index in [0.717, 1.165) is 12.2 Å². The molecule has 0 aliphatic heterocycles. The first kappa shape index (κ1) is 15.1. The molecule has 0 heterocycles. The molecule has 0 unspecified atom stereocenters. The minimum atomic E-state index is 0.00200. The predicted octanol–water partition coefficient (Wildman–Crippen LogP) is 3.91. The van der Waals surface area contributed by atoms with Crippen molar-refractivity contribution < 1.29 is 14.3 Å². The first-order valence-corrected chi connectivity index (χ1v) is 7.15. The van der Waals surface area contributed by atoms with Crippen LogP contribution >= 0.6 is 0 Å². The topological polar surface area (TPSA) is 35.5 Å². The molecule has 0 N–H and O–H groups in total. The Morgan fingerprint density at radius 1 is 1.00 bits per heavy atom. The summed E-state index contributed by atoms with van der Waals surface area (Å²) in [5, 5.41) is 0. The molecular formula is C18H20O3. The molecule has 0 spiro atoms. The standard InChI is InChI=1S/C18H20O3/c1-3-15-7-6-8-16(13-15)20-11-12-21-18-10-5-4-9-17(18)14(2)19/h4-10,13H,3,11-12H2,1-2H3. The van der Waals surface area contributed by atoms with Gasteiger partial charge < -0.3 is 9.47 Å². The van der Waals surface area contributed by atoms with Gasteiger partial charge in [0.2, 0.25) is 0 Å². The smallest absolute Gasteiger partial charge is 0.163 e. The van der Waals surface area contributed by atoms with Crippen LogP contribution in [0.25, 0.3) is 0 Å². The van der Waals surface area contributed by atoms with Crippen LogP contribution in [0.1, 0.15) is 29.8 Å². The zero-order valence-corrected chi connectivity index (χ0v) is 12.5. The Bertz CT molecular complexity index is 605. The zero-order valence-electron chi connectivity index (χ0n) is 12.5. The molecule has 0 saturated carbocycles. The summed E-state index contributed by atoms with van der Waals surface area (Å²) in [5.41, 5.74) is 1.85. The first-order chi connectivity index (χ1) is 10.2. The van der Waals surface area contributed by atoms with E-state index in [1.165, 1.54) is 12.5 Å². The van der Waals surface area contributed by atoms with Gasteiger partial charge in [0, 0.05) is 0 Å². The maximum Gasteiger partial charge on any atom is 0.163 e. The lowest BCUT2D eigenvalue weighted by atomic mass is 10.1. The van der Waals surface area contributed by atoms with Crippen molar-refractivity contribution in [2.24, 2.45) is 0 Å². The van der Waals surface area contributed by atoms with Crippen molar-refractivity contribution in [3.8, 4) is 11.5 Å². The Labute approximate surface area is 125 Å². The summed E-state index contributed by atoms with van der Waals surface area (Å²) in [4.78, 5) is 11.5. The number of para-hydroxylation sites is 1. The van der Waals surface area contributed by atoms with Gasteiger partial charge in [-0.1, -0.05) is 31.2 Å². The number of rotatable bonds is 7. The van der Waals surface area contributed by atoms with Crippen molar-refractivity contribution >= 4 is 5.78 Å². The average Bonchev–Trinajstić information content (AvgIpc) is 2.52. The molecule has 2 rings (SSSR count). The molecule has 0 aliphatic rings. The van der Waals surface area contributed by atoms with Gasteiger partial charge in [-0.3, -0.25) is 4.79 Å². The Hall–Kier alpha value is -2.29. The number of benzene rings is 2. The third kappa shape index (κ3) is 4.35. The van der Waals surface area contributed by atoms with E-state index >= 15 is 0 Å². The van der Waals surface area contributed by atoms with E-state index in [2.05, 4.69) is 13.0 Å².